The topological polar surface area (TPSA) is 57.4 Å². The largest absolute Gasteiger partial charge is 0.467 e. The second-order valence-electron chi connectivity index (χ2n) is 4.91. The molecule has 20 heavy (non-hydrogen) atoms. The average Bonchev–Trinajstić information content (AvgIpc) is 2.91. The zero-order chi connectivity index (χ0) is 14.4. The van der Waals surface area contributed by atoms with E-state index in [0.717, 1.165) is 24.7 Å². The Morgan fingerprint density at radius 1 is 1.25 bits per heavy atom. The van der Waals surface area contributed by atoms with Gasteiger partial charge in [0, 0.05) is 26.3 Å². The fourth-order valence-electron chi connectivity index (χ4n) is 1.75. The van der Waals surface area contributed by atoms with E-state index in [0.29, 0.717) is 12.5 Å². The van der Waals surface area contributed by atoms with E-state index in [1.54, 1.807) is 12.5 Å². The van der Waals surface area contributed by atoms with E-state index in [1.807, 2.05) is 44.2 Å². The molecule has 1 N–H and O–H groups in total. The Morgan fingerprint density at radius 2 is 2.10 bits per heavy atom. The van der Waals surface area contributed by atoms with Gasteiger partial charge in [-0.2, -0.15) is 4.98 Å². The van der Waals surface area contributed by atoms with Crippen LogP contribution in [0.4, 0.5) is 11.8 Å². The lowest BCUT2D eigenvalue weighted by molar-refractivity contribution is 0.425. The van der Waals surface area contributed by atoms with E-state index >= 15 is 0 Å². The molecule has 0 aliphatic heterocycles. The zero-order valence-electron chi connectivity index (χ0n) is 12.2. The van der Waals surface area contributed by atoms with Gasteiger partial charge in [0.1, 0.15) is 11.6 Å². The van der Waals surface area contributed by atoms with Crippen molar-refractivity contribution in [2.45, 2.75) is 6.54 Å². The van der Waals surface area contributed by atoms with Gasteiger partial charge >= 0.3 is 0 Å². The first-order valence-electron chi connectivity index (χ1n) is 6.60. The van der Waals surface area contributed by atoms with Gasteiger partial charge in [0.15, 0.2) is 0 Å². The van der Waals surface area contributed by atoms with Crippen molar-refractivity contribution in [2.24, 2.45) is 0 Å². The highest BCUT2D eigenvalue weighted by molar-refractivity contribution is 5.40. The Balaban J connectivity index is 1.94. The molecular formula is C14H21N5O. The van der Waals surface area contributed by atoms with Crippen molar-refractivity contribution >= 4 is 11.8 Å². The first kappa shape index (κ1) is 14.3. The lowest BCUT2D eigenvalue weighted by Crippen LogP contribution is -2.22. The highest BCUT2D eigenvalue weighted by atomic mass is 16.3. The van der Waals surface area contributed by atoms with Gasteiger partial charge in [-0.05, 0) is 32.3 Å². The van der Waals surface area contributed by atoms with Gasteiger partial charge in [0.2, 0.25) is 5.95 Å². The van der Waals surface area contributed by atoms with Crippen LogP contribution in [0.1, 0.15) is 5.76 Å². The minimum Gasteiger partial charge on any atom is -0.467 e. The maximum atomic E-state index is 5.33. The van der Waals surface area contributed by atoms with Gasteiger partial charge in [0.25, 0.3) is 0 Å². The number of nitrogens with one attached hydrogen (secondary N) is 1. The lowest BCUT2D eigenvalue weighted by atomic mass is 10.4. The summed E-state index contributed by atoms with van der Waals surface area (Å²) in [6, 6.07) is 5.69. The van der Waals surface area contributed by atoms with Crippen molar-refractivity contribution in [3.8, 4) is 0 Å². The molecule has 0 saturated carbocycles. The molecule has 0 aliphatic carbocycles. The van der Waals surface area contributed by atoms with Gasteiger partial charge in [-0.1, -0.05) is 0 Å². The highest BCUT2D eigenvalue weighted by Gasteiger charge is 2.07. The fraction of sp³-hybridized carbons (Fsp3) is 0.429. The Morgan fingerprint density at radius 3 is 2.80 bits per heavy atom. The van der Waals surface area contributed by atoms with Gasteiger partial charge in [-0.3, -0.25) is 0 Å². The van der Waals surface area contributed by atoms with Crippen molar-refractivity contribution in [1.29, 1.82) is 0 Å². The van der Waals surface area contributed by atoms with Crippen LogP contribution in [0.3, 0.4) is 0 Å². The van der Waals surface area contributed by atoms with Crippen LogP contribution >= 0.6 is 0 Å². The smallest absolute Gasteiger partial charge is 0.227 e. The number of aromatic nitrogens is 2. The lowest BCUT2D eigenvalue weighted by Gasteiger charge is -2.16. The molecule has 0 atom stereocenters. The van der Waals surface area contributed by atoms with Crippen LogP contribution in [-0.2, 0) is 6.54 Å². The third kappa shape index (κ3) is 4.24. The summed E-state index contributed by atoms with van der Waals surface area (Å²) in [5.74, 6) is 2.40. The molecule has 0 saturated heterocycles. The van der Waals surface area contributed by atoms with Gasteiger partial charge in [0.05, 0.1) is 12.8 Å². The number of hydrogen-bond acceptors (Lipinski definition) is 6. The summed E-state index contributed by atoms with van der Waals surface area (Å²) in [5.41, 5.74) is 0. The molecule has 6 nitrogen and oxygen atoms in total. The summed E-state index contributed by atoms with van der Waals surface area (Å²) in [4.78, 5) is 12.9. The van der Waals surface area contributed by atoms with Gasteiger partial charge in [-0.25, -0.2) is 4.98 Å². The quantitative estimate of drug-likeness (QED) is 0.829. The molecule has 0 bridgehead atoms. The molecule has 0 radical (unpaired) electrons. The molecule has 0 aliphatic rings. The van der Waals surface area contributed by atoms with Crippen molar-refractivity contribution in [3.05, 3.63) is 36.4 Å². The number of nitrogens with zero attached hydrogens (tertiary/aromatic N) is 4. The Labute approximate surface area is 119 Å². The van der Waals surface area contributed by atoms with E-state index in [-0.39, 0.29) is 0 Å². The first-order valence-corrected chi connectivity index (χ1v) is 6.60. The summed E-state index contributed by atoms with van der Waals surface area (Å²) < 4.78 is 5.33. The van der Waals surface area contributed by atoms with Crippen LogP contribution in [0.2, 0.25) is 0 Å². The third-order valence-electron chi connectivity index (χ3n) is 2.82. The molecule has 0 unspecified atom stereocenters. The Kier molecular flexibility index (Phi) is 4.95. The number of likely N-dealkylation sites (N-methyl/N-ethyl adjacent to an activating group) is 1. The molecule has 6 heteroatoms. The molecule has 0 spiro atoms. The summed E-state index contributed by atoms with van der Waals surface area (Å²) in [7, 11) is 6.04. The number of hydrogen-bond donors (Lipinski definition) is 1. The van der Waals surface area contributed by atoms with Crippen LogP contribution in [-0.4, -0.2) is 49.1 Å². The predicted molar refractivity (Wildman–Crippen MR) is 79.9 cm³/mol. The van der Waals surface area contributed by atoms with E-state index < -0.39 is 0 Å². The highest BCUT2D eigenvalue weighted by Crippen LogP contribution is 2.12. The third-order valence-corrected chi connectivity index (χ3v) is 2.82. The summed E-state index contributed by atoms with van der Waals surface area (Å²) in [6.45, 7) is 2.46. The normalized spacial score (nSPS) is 10.8. The molecule has 2 aromatic rings. The minimum absolute atomic E-state index is 0.647. The minimum atomic E-state index is 0.647. The summed E-state index contributed by atoms with van der Waals surface area (Å²) in [6.07, 6.45) is 3.43. The van der Waals surface area contributed by atoms with Crippen LogP contribution in [0, 0.1) is 0 Å². The monoisotopic (exact) mass is 275 g/mol. The maximum Gasteiger partial charge on any atom is 0.227 e. The first-order chi connectivity index (χ1) is 9.65. The van der Waals surface area contributed by atoms with Crippen LogP contribution in [0.25, 0.3) is 0 Å². The molecule has 2 rings (SSSR count). The van der Waals surface area contributed by atoms with Crippen LogP contribution < -0.4 is 10.2 Å². The predicted octanol–water partition coefficient (Wildman–Crippen LogP) is 1.68. The van der Waals surface area contributed by atoms with E-state index in [4.69, 9.17) is 4.42 Å². The summed E-state index contributed by atoms with van der Waals surface area (Å²) >= 11 is 0. The molecule has 2 heterocycles. The number of anilines is 2. The van der Waals surface area contributed by atoms with Crippen LogP contribution in [0.5, 0.6) is 0 Å². The molecule has 2 aromatic heterocycles. The van der Waals surface area contributed by atoms with Gasteiger partial charge < -0.3 is 19.5 Å². The van der Waals surface area contributed by atoms with E-state index in [1.165, 1.54) is 0 Å². The standard InChI is InChI=1S/C14H21N5O/c1-18(2)9-8-15-13-6-7-16-14(17-13)19(3)11-12-5-4-10-20-12/h4-7,10H,8-9,11H2,1-3H3,(H,15,16,17). The van der Waals surface area contributed by atoms with Crippen molar-refractivity contribution < 1.29 is 4.42 Å². The molecule has 108 valence electrons. The van der Waals surface area contributed by atoms with E-state index in [2.05, 4.69) is 20.2 Å². The maximum absolute atomic E-state index is 5.33. The second-order valence-corrected chi connectivity index (χ2v) is 4.91. The SMILES string of the molecule is CN(C)CCNc1ccnc(N(C)Cc2ccco2)n1. The zero-order valence-corrected chi connectivity index (χ0v) is 12.2. The molecule has 0 aromatic carbocycles. The average molecular weight is 275 g/mol. The second kappa shape index (κ2) is 6.91. The number of rotatable bonds is 7. The van der Waals surface area contributed by atoms with Crippen molar-refractivity contribution in [3.63, 3.8) is 0 Å². The summed E-state index contributed by atoms with van der Waals surface area (Å²) in [5, 5.41) is 3.29. The van der Waals surface area contributed by atoms with E-state index in [9.17, 15) is 0 Å². The number of furan rings is 1. The van der Waals surface area contributed by atoms with Gasteiger partial charge in [-0.15, -0.1) is 0 Å². The molecule has 0 amide bonds. The fourth-order valence-corrected chi connectivity index (χ4v) is 1.75. The van der Waals surface area contributed by atoms with Crippen LogP contribution in [0.15, 0.2) is 35.1 Å². The molecular weight excluding hydrogens is 254 g/mol. The Bertz CT molecular complexity index is 512. The Hall–Kier alpha value is -2.08. The molecule has 0 fully saturated rings. The van der Waals surface area contributed by atoms with Crippen molar-refractivity contribution in [2.75, 3.05) is 44.4 Å². The van der Waals surface area contributed by atoms with Crippen molar-refractivity contribution in [1.82, 2.24) is 14.9 Å².